The summed E-state index contributed by atoms with van der Waals surface area (Å²) in [6, 6.07) is 11.5. The van der Waals surface area contributed by atoms with Gasteiger partial charge in [0.2, 0.25) is 0 Å². The molecule has 0 bridgehead atoms. The number of rotatable bonds is 3. The van der Waals surface area contributed by atoms with Crippen molar-refractivity contribution in [3.63, 3.8) is 0 Å². The molecule has 2 aromatic rings. The van der Waals surface area contributed by atoms with E-state index in [1.54, 1.807) is 0 Å². The van der Waals surface area contributed by atoms with Crippen LogP contribution >= 0.6 is 11.3 Å². The minimum atomic E-state index is 0.146. The molecule has 112 valence electrons. The molecule has 0 saturated heterocycles. The van der Waals surface area contributed by atoms with Gasteiger partial charge in [0.15, 0.2) is 0 Å². The van der Waals surface area contributed by atoms with Gasteiger partial charge >= 0.3 is 0 Å². The van der Waals surface area contributed by atoms with Gasteiger partial charge in [-0.3, -0.25) is 4.90 Å². The van der Waals surface area contributed by atoms with E-state index in [1.165, 1.54) is 34.4 Å². The molecule has 21 heavy (non-hydrogen) atoms. The van der Waals surface area contributed by atoms with Gasteiger partial charge in [-0.05, 0) is 61.4 Å². The van der Waals surface area contributed by atoms with Gasteiger partial charge in [0, 0.05) is 17.5 Å². The Bertz CT molecular complexity index is 603. The summed E-state index contributed by atoms with van der Waals surface area (Å²) >= 11 is 1.85. The molecule has 0 aliphatic carbocycles. The third kappa shape index (κ3) is 3.05. The van der Waals surface area contributed by atoms with Crippen molar-refractivity contribution >= 4 is 11.3 Å². The van der Waals surface area contributed by atoms with Crippen LogP contribution in [0.1, 0.15) is 41.0 Å². The first-order chi connectivity index (χ1) is 10.2. The molecule has 2 atom stereocenters. The van der Waals surface area contributed by atoms with Crippen LogP contribution in [0, 0.1) is 6.92 Å². The van der Waals surface area contributed by atoms with Gasteiger partial charge < -0.3 is 5.73 Å². The van der Waals surface area contributed by atoms with Gasteiger partial charge in [-0.15, -0.1) is 11.3 Å². The number of hydrogen-bond donors (Lipinski definition) is 1. The summed E-state index contributed by atoms with van der Waals surface area (Å²) in [6.45, 7) is 6.48. The van der Waals surface area contributed by atoms with Crippen molar-refractivity contribution in [2.75, 3.05) is 6.54 Å². The van der Waals surface area contributed by atoms with E-state index in [-0.39, 0.29) is 6.04 Å². The standard InChI is InChI=1S/C18H24N2S/c1-13-9-11-21-18(13)17(14(2)19)20-10-5-8-15-6-3-4-7-16(15)12-20/h3-4,6-7,9,11,14,17H,5,8,10,12,19H2,1-2H3. The highest BCUT2D eigenvalue weighted by Gasteiger charge is 2.28. The lowest BCUT2D eigenvalue weighted by molar-refractivity contribution is 0.172. The smallest absolute Gasteiger partial charge is 0.0596 e. The fourth-order valence-electron chi connectivity index (χ4n) is 3.39. The predicted octanol–water partition coefficient (Wildman–Crippen LogP) is 3.89. The van der Waals surface area contributed by atoms with E-state index < -0.39 is 0 Å². The average molecular weight is 300 g/mol. The molecule has 1 aliphatic rings. The zero-order chi connectivity index (χ0) is 14.8. The number of thiophene rings is 1. The first-order valence-corrected chi connectivity index (χ1v) is 8.65. The molecule has 1 aliphatic heterocycles. The van der Waals surface area contributed by atoms with E-state index >= 15 is 0 Å². The van der Waals surface area contributed by atoms with E-state index in [0.29, 0.717) is 6.04 Å². The normalized spacial score (nSPS) is 18.8. The second-order valence-electron chi connectivity index (χ2n) is 6.11. The fourth-order valence-corrected chi connectivity index (χ4v) is 4.56. The summed E-state index contributed by atoms with van der Waals surface area (Å²) in [4.78, 5) is 4.01. The number of hydrogen-bond acceptors (Lipinski definition) is 3. The van der Waals surface area contributed by atoms with Crippen LogP contribution in [0.2, 0.25) is 0 Å². The Labute approximate surface area is 131 Å². The van der Waals surface area contributed by atoms with Crippen molar-refractivity contribution in [1.29, 1.82) is 0 Å². The lowest BCUT2D eigenvalue weighted by Crippen LogP contribution is -2.39. The second-order valence-corrected chi connectivity index (χ2v) is 7.06. The number of fused-ring (bicyclic) bond motifs is 1. The Kier molecular flexibility index (Phi) is 4.43. The molecule has 3 rings (SSSR count). The largest absolute Gasteiger partial charge is 0.326 e. The van der Waals surface area contributed by atoms with Crippen LogP contribution < -0.4 is 5.73 Å². The van der Waals surface area contributed by atoms with Crippen molar-refractivity contribution in [2.45, 2.75) is 45.3 Å². The van der Waals surface area contributed by atoms with Crippen LogP contribution in [-0.2, 0) is 13.0 Å². The van der Waals surface area contributed by atoms with Crippen molar-refractivity contribution in [3.05, 3.63) is 57.3 Å². The van der Waals surface area contributed by atoms with Crippen LogP contribution in [0.15, 0.2) is 35.7 Å². The highest BCUT2D eigenvalue weighted by atomic mass is 32.1. The SMILES string of the molecule is Cc1ccsc1C(C(C)N)N1CCCc2ccccc2C1. The Morgan fingerprint density at radius 3 is 2.62 bits per heavy atom. The maximum absolute atomic E-state index is 6.36. The maximum Gasteiger partial charge on any atom is 0.0596 e. The third-order valence-corrected chi connectivity index (χ3v) is 5.53. The van der Waals surface area contributed by atoms with Crippen LogP contribution in [0.4, 0.5) is 0 Å². The molecule has 1 aromatic heterocycles. The molecular weight excluding hydrogens is 276 g/mol. The van der Waals surface area contributed by atoms with E-state index in [1.807, 2.05) is 11.3 Å². The van der Waals surface area contributed by atoms with E-state index in [0.717, 1.165) is 13.1 Å². The van der Waals surface area contributed by atoms with Gasteiger partial charge in [-0.1, -0.05) is 24.3 Å². The van der Waals surface area contributed by atoms with E-state index in [2.05, 4.69) is 54.5 Å². The molecule has 0 amide bonds. The van der Waals surface area contributed by atoms with Crippen molar-refractivity contribution in [3.8, 4) is 0 Å². The van der Waals surface area contributed by atoms with Crippen LogP contribution in [0.25, 0.3) is 0 Å². The van der Waals surface area contributed by atoms with Crippen LogP contribution in [0.5, 0.6) is 0 Å². The van der Waals surface area contributed by atoms with E-state index in [4.69, 9.17) is 5.73 Å². The summed E-state index contributed by atoms with van der Waals surface area (Å²) in [5, 5.41) is 2.19. The number of nitrogens with zero attached hydrogens (tertiary/aromatic N) is 1. The fraction of sp³-hybridized carbons (Fsp3) is 0.444. The average Bonchev–Trinajstić information content (AvgIpc) is 2.75. The quantitative estimate of drug-likeness (QED) is 0.931. The van der Waals surface area contributed by atoms with Gasteiger partial charge in [-0.25, -0.2) is 0 Å². The van der Waals surface area contributed by atoms with Crippen molar-refractivity contribution in [2.24, 2.45) is 5.73 Å². The summed E-state index contributed by atoms with van der Waals surface area (Å²) in [6.07, 6.45) is 2.40. The van der Waals surface area contributed by atoms with Crippen molar-refractivity contribution < 1.29 is 0 Å². The highest BCUT2D eigenvalue weighted by Crippen LogP contribution is 2.33. The van der Waals surface area contributed by atoms with Crippen LogP contribution in [-0.4, -0.2) is 17.5 Å². The molecule has 0 fully saturated rings. The topological polar surface area (TPSA) is 29.3 Å². The molecule has 2 N–H and O–H groups in total. The lowest BCUT2D eigenvalue weighted by atomic mass is 10.0. The van der Waals surface area contributed by atoms with Gasteiger partial charge in [0.25, 0.3) is 0 Å². The zero-order valence-electron chi connectivity index (χ0n) is 12.9. The molecule has 2 heterocycles. The molecule has 0 radical (unpaired) electrons. The highest BCUT2D eigenvalue weighted by molar-refractivity contribution is 7.10. The van der Waals surface area contributed by atoms with Crippen LogP contribution in [0.3, 0.4) is 0 Å². The molecule has 2 nitrogen and oxygen atoms in total. The lowest BCUT2D eigenvalue weighted by Gasteiger charge is -2.33. The summed E-state index contributed by atoms with van der Waals surface area (Å²) in [5.41, 5.74) is 10.7. The Balaban J connectivity index is 1.92. The molecule has 0 spiro atoms. The Morgan fingerprint density at radius 1 is 1.19 bits per heavy atom. The molecule has 1 aromatic carbocycles. The summed E-state index contributed by atoms with van der Waals surface area (Å²) < 4.78 is 0. The molecule has 3 heteroatoms. The van der Waals surface area contributed by atoms with Gasteiger partial charge in [0.05, 0.1) is 6.04 Å². The first-order valence-electron chi connectivity index (χ1n) is 7.77. The number of benzene rings is 1. The van der Waals surface area contributed by atoms with Crippen molar-refractivity contribution in [1.82, 2.24) is 4.90 Å². The third-order valence-electron chi connectivity index (χ3n) is 4.45. The predicted molar refractivity (Wildman–Crippen MR) is 90.6 cm³/mol. The first kappa shape index (κ1) is 14.8. The van der Waals surface area contributed by atoms with Gasteiger partial charge in [-0.2, -0.15) is 0 Å². The van der Waals surface area contributed by atoms with E-state index in [9.17, 15) is 0 Å². The molecule has 2 unspecified atom stereocenters. The maximum atomic E-state index is 6.36. The molecular formula is C18H24N2S. The zero-order valence-corrected chi connectivity index (χ0v) is 13.7. The summed E-state index contributed by atoms with van der Waals surface area (Å²) in [7, 11) is 0. The Morgan fingerprint density at radius 2 is 1.95 bits per heavy atom. The second kappa shape index (κ2) is 6.30. The minimum Gasteiger partial charge on any atom is -0.326 e. The minimum absolute atomic E-state index is 0.146. The Hall–Kier alpha value is -1.16. The number of aryl methyl sites for hydroxylation is 2. The monoisotopic (exact) mass is 300 g/mol. The number of nitrogens with two attached hydrogens (primary N) is 1. The summed E-state index contributed by atoms with van der Waals surface area (Å²) in [5.74, 6) is 0. The molecule has 0 saturated carbocycles. The van der Waals surface area contributed by atoms with Gasteiger partial charge in [0.1, 0.15) is 0 Å².